The van der Waals surface area contributed by atoms with Gasteiger partial charge < -0.3 is 5.11 Å². The van der Waals surface area contributed by atoms with Crippen LogP contribution in [0.2, 0.25) is 0 Å². The highest BCUT2D eigenvalue weighted by atomic mass is 32.1. The SMILES string of the molecule is N=Nc1c2ccccc2c(O)c2nsnc12. The normalized spacial score (nSPS) is 11.0. The molecular formula is C10H6N4OS. The van der Waals surface area contributed by atoms with Crippen LogP contribution in [0.3, 0.4) is 0 Å². The first-order chi connectivity index (χ1) is 7.83. The highest BCUT2D eigenvalue weighted by Crippen LogP contribution is 2.40. The van der Waals surface area contributed by atoms with Crippen LogP contribution in [0, 0.1) is 5.53 Å². The number of nitrogens with one attached hydrogen (secondary N) is 1. The average molecular weight is 230 g/mol. The Morgan fingerprint density at radius 1 is 1.12 bits per heavy atom. The molecule has 3 rings (SSSR count). The number of hydrogen-bond donors (Lipinski definition) is 2. The summed E-state index contributed by atoms with van der Waals surface area (Å²) in [6, 6.07) is 7.24. The molecule has 0 fully saturated rings. The lowest BCUT2D eigenvalue weighted by atomic mass is 10.1. The first-order valence-electron chi connectivity index (χ1n) is 4.56. The Bertz CT molecular complexity index is 706. The number of benzene rings is 2. The van der Waals surface area contributed by atoms with Crippen LogP contribution in [-0.2, 0) is 0 Å². The van der Waals surface area contributed by atoms with E-state index in [1.54, 1.807) is 12.1 Å². The van der Waals surface area contributed by atoms with Crippen molar-refractivity contribution < 1.29 is 5.11 Å². The first kappa shape index (κ1) is 9.17. The molecule has 0 saturated carbocycles. The summed E-state index contributed by atoms with van der Waals surface area (Å²) in [5.74, 6) is 0.103. The lowest BCUT2D eigenvalue weighted by Gasteiger charge is -2.03. The second-order valence-corrected chi connectivity index (χ2v) is 3.84. The number of fused-ring (bicyclic) bond motifs is 2. The maximum atomic E-state index is 10.0. The Hall–Kier alpha value is -2.08. The predicted molar refractivity (Wildman–Crippen MR) is 61.4 cm³/mol. The Balaban J connectivity index is 2.69. The van der Waals surface area contributed by atoms with E-state index in [-0.39, 0.29) is 5.75 Å². The van der Waals surface area contributed by atoms with E-state index < -0.39 is 0 Å². The Kier molecular flexibility index (Phi) is 1.84. The number of hydrogen-bond acceptors (Lipinski definition) is 6. The molecule has 0 amide bonds. The molecule has 0 aliphatic carbocycles. The zero-order valence-corrected chi connectivity index (χ0v) is 8.82. The maximum absolute atomic E-state index is 10.0. The summed E-state index contributed by atoms with van der Waals surface area (Å²) >= 11 is 1.00. The van der Waals surface area contributed by atoms with E-state index in [4.69, 9.17) is 5.53 Å². The van der Waals surface area contributed by atoms with E-state index in [1.807, 2.05) is 12.1 Å². The summed E-state index contributed by atoms with van der Waals surface area (Å²) in [6.07, 6.45) is 0. The van der Waals surface area contributed by atoms with Gasteiger partial charge in [-0.1, -0.05) is 24.3 Å². The van der Waals surface area contributed by atoms with Crippen LogP contribution < -0.4 is 0 Å². The largest absolute Gasteiger partial charge is 0.505 e. The first-order valence-corrected chi connectivity index (χ1v) is 5.29. The standard InChI is InChI=1S/C10H6N4OS/c11-12-7-5-3-1-2-4-6(5)10(15)9-8(7)13-16-14-9/h1-4,11,15H. The molecule has 6 heteroatoms. The van der Waals surface area contributed by atoms with Gasteiger partial charge in [0.25, 0.3) is 0 Å². The minimum absolute atomic E-state index is 0.103. The molecule has 0 spiro atoms. The molecule has 16 heavy (non-hydrogen) atoms. The predicted octanol–water partition coefficient (Wildman–Crippen LogP) is 3.21. The second kappa shape index (κ2) is 3.21. The molecular weight excluding hydrogens is 224 g/mol. The van der Waals surface area contributed by atoms with Gasteiger partial charge in [0.2, 0.25) is 0 Å². The van der Waals surface area contributed by atoms with Crippen molar-refractivity contribution >= 4 is 39.2 Å². The highest BCUT2D eigenvalue weighted by Gasteiger charge is 2.15. The number of phenolic OH excluding ortho intramolecular Hbond substituents is 1. The average Bonchev–Trinajstić information content (AvgIpc) is 2.79. The third kappa shape index (κ3) is 1.04. The topological polar surface area (TPSA) is 82.2 Å². The summed E-state index contributed by atoms with van der Waals surface area (Å²) in [7, 11) is 0. The van der Waals surface area contributed by atoms with Crippen LogP contribution in [0.25, 0.3) is 21.8 Å². The van der Waals surface area contributed by atoms with Crippen LogP contribution in [0.5, 0.6) is 5.75 Å². The summed E-state index contributed by atoms with van der Waals surface area (Å²) in [4.78, 5) is 0. The molecule has 1 aromatic heterocycles. The minimum atomic E-state index is 0.103. The van der Waals surface area contributed by atoms with Crippen molar-refractivity contribution in [2.75, 3.05) is 0 Å². The molecule has 0 atom stereocenters. The lowest BCUT2D eigenvalue weighted by Crippen LogP contribution is -1.79. The van der Waals surface area contributed by atoms with Crippen LogP contribution in [-0.4, -0.2) is 13.9 Å². The summed E-state index contributed by atoms with van der Waals surface area (Å²) in [5, 5.41) is 14.9. The summed E-state index contributed by atoms with van der Waals surface area (Å²) in [5.41, 5.74) is 8.55. The zero-order valence-electron chi connectivity index (χ0n) is 8.01. The molecule has 5 nitrogen and oxygen atoms in total. The molecule has 0 unspecified atom stereocenters. The van der Waals surface area contributed by atoms with Gasteiger partial charge in [-0.15, -0.1) is 0 Å². The van der Waals surface area contributed by atoms with Crippen molar-refractivity contribution in [2.45, 2.75) is 0 Å². The quantitative estimate of drug-likeness (QED) is 0.629. The smallest absolute Gasteiger partial charge is 0.152 e. The van der Waals surface area contributed by atoms with Gasteiger partial charge in [-0.25, -0.2) is 5.53 Å². The Morgan fingerprint density at radius 2 is 1.81 bits per heavy atom. The third-order valence-electron chi connectivity index (χ3n) is 2.49. The van der Waals surface area contributed by atoms with Gasteiger partial charge >= 0.3 is 0 Å². The Morgan fingerprint density at radius 3 is 2.56 bits per heavy atom. The van der Waals surface area contributed by atoms with Gasteiger partial charge in [0.1, 0.15) is 16.7 Å². The van der Waals surface area contributed by atoms with Crippen molar-refractivity contribution in [3.8, 4) is 5.75 Å². The van der Waals surface area contributed by atoms with Crippen molar-refractivity contribution in [3.63, 3.8) is 0 Å². The van der Waals surface area contributed by atoms with Crippen molar-refractivity contribution in [2.24, 2.45) is 5.11 Å². The summed E-state index contributed by atoms with van der Waals surface area (Å²) in [6.45, 7) is 0. The number of rotatable bonds is 1. The van der Waals surface area contributed by atoms with Crippen LogP contribution in [0.4, 0.5) is 5.69 Å². The molecule has 2 N–H and O–H groups in total. The Labute approximate surface area is 94.2 Å². The molecule has 0 radical (unpaired) electrons. The van der Waals surface area contributed by atoms with Gasteiger partial charge in [0, 0.05) is 10.8 Å². The van der Waals surface area contributed by atoms with Crippen LogP contribution in [0.1, 0.15) is 0 Å². The molecule has 0 bridgehead atoms. The van der Waals surface area contributed by atoms with Gasteiger partial charge in [0.15, 0.2) is 5.75 Å². The second-order valence-electron chi connectivity index (χ2n) is 3.32. The lowest BCUT2D eigenvalue weighted by molar-refractivity contribution is 0.487. The van der Waals surface area contributed by atoms with Crippen molar-refractivity contribution in [1.29, 1.82) is 5.53 Å². The van der Waals surface area contributed by atoms with E-state index >= 15 is 0 Å². The van der Waals surface area contributed by atoms with Gasteiger partial charge in [-0.2, -0.15) is 13.9 Å². The minimum Gasteiger partial charge on any atom is -0.505 e. The fourth-order valence-electron chi connectivity index (χ4n) is 1.76. The number of aromatic hydroxyl groups is 1. The molecule has 0 saturated heterocycles. The van der Waals surface area contributed by atoms with Crippen molar-refractivity contribution in [3.05, 3.63) is 24.3 Å². The van der Waals surface area contributed by atoms with Gasteiger partial charge in [-0.3, -0.25) is 0 Å². The molecule has 3 aromatic rings. The van der Waals surface area contributed by atoms with E-state index in [1.165, 1.54) is 0 Å². The number of phenols is 1. The highest BCUT2D eigenvalue weighted by molar-refractivity contribution is 7.00. The van der Waals surface area contributed by atoms with Gasteiger partial charge in [-0.05, 0) is 0 Å². The summed E-state index contributed by atoms with van der Waals surface area (Å²) < 4.78 is 8.07. The molecule has 0 aliphatic heterocycles. The zero-order chi connectivity index (χ0) is 11.1. The van der Waals surface area contributed by atoms with Crippen LogP contribution >= 0.6 is 11.7 Å². The number of aromatic nitrogens is 2. The fraction of sp³-hybridized carbons (Fsp3) is 0. The number of nitrogens with zero attached hydrogens (tertiary/aromatic N) is 3. The molecule has 78 valence electrons. The van der Waals surface area contributed by atoms with E-state index in [0.29, 0.717) is 22.1 Å². The van der Waals surface area contributed by atoms with Crippen molar-refractivity contribution in [1.82, 2.24) is 8.75 Å². The van der Waals surface area contributed by atoms with Crippen LogP contribution in [0.15, 0.2) is 29.4 Å². The molecule has 2 aromatic carbocycles. The van der Waals surface area contributed by atoms with E-state index in [9.17, 15) is 5.11 Å². The monoisotopic (exact) mass is 230 g/mol. The molecule has 0 aliphatic rings. The third-order valence-corrected chi connectivity index (χ3v) is 3.01. The van der Waals surface area contributed by atoms with Gasteiger partial charge in [0.05, 0.1) is 11.7 Å². The maximum Gasteiger partial charge on any atom is 0.152 e. The van der Waals surface area contributed by atoms with E-state index in [0.717, 1.165) is 17.1 Å². The van der Waals surface area contributed by atoms with E-state index in [2.05, 4.69) is 13.9 Å². The molecule has 1 heterocycles. The fourth-order valence-corrected chi connectivity index (χ4v) is 2.31.